The fourth-order valence-electron chi connectivity index (χ4n) is 4.66. The molecule has 5 N–H and O–H groups in total. The summed E-state index contributed by atoms with van der Waals surface area (Å²) in [6.07, 6.45) is 0.985. The number of amides is 3. The molecule has 1 aliphatic rings. The van der Waals surface area contributed by atoms with Gasteiger partial charge >= 0.3 is 0 Å². The van der Waals surface area contributed by atoms with Crippen LogP contribution in [0.4, 0.5) is 11.4 Å². The first-order chi connectivity index (χ1) is 20.8. The van der Waals surface area contributed by atoms with Gasteiger partial charge in [-0.3, -0.25) is 19.6 Å². The Morgan fingerprint density at radius 3 is 2.26 bits per heavy atom. The highest BCUT2D eigenvalue weighted by Gasteiger charge is 2.32. The van der Waals surface area contributed by atoms with Gasteiger partial charge in [0, 0.05) is 53.8 Å². The van der Waals surface area contributed by atoms with Crippen LogP contribution in [-0.2, 0) is 30.5 Å². The minimum atomic E-state index is -0.669. The number of carbonyl (C=O) groups excluding carboxylic acids is 3. The van der Waals surface area contributed by atoms with Gasteiger partial charge in [-0.15, -0.1) is 11.8 Å². The van der Waals surface area contributed by atoms with E-state index in [0.29, 0.717) is 30.7 Å². The van der Waals surface area contributed by atoms with Gasteiger partial charge in [-0.2, -0.15) is 0 Å². The van der Waals surface area contributed by atoms with Crippen molar-refractivity contribution in [1.29, 1.82) is 0 Å². The summed E-state index contributed by atoms with van der Waals surface area (Å²) in [6, 6.07) is 22.7. The predicted octanol–water partition coefficient (Wildman–Crippen LogP) is 5.48. The summed E-state index contributed by atoms with van der Waals surface area (Å²) >= 11 is 1.66. The second-order valence-electron chi connectivity index (χ2n) is 10.3. The molecule has 11 heteroatoms. The van der Waals surface area contributed by atoms with E-state index in [9.17, 15) is 19.5 Å². The Labute approximate surface area is 255 Å². The minimum Gasteiger partial charge on any atom is -0.392 e. The van der Waals surface area contributed by atoms with Gasteiger partial charge in [0.25, 0.3) is 0 Å². The van der Waals surface area contributed by atoms with E-state index >= 15 is 0 Å². The Hall–Kier alpha value is -3.74. The summed E-state index contributed by atoms with van der Waals surface area (Å²) in [6.45, 7) is 1.44. The highest BCUT2D eigenvalue weighted by molar-refractivity contribution is 7.99. The lowest BCUT2D eigenvalue weighted by Crippen LogP contribution is -2.31. The molecule has 1 fully saturated rings. The van der Waals surface area contributed by atoms with Gasteiger partial charge in [0.2, 0.25) is 17.7 Å². The molecule has 1 saturated heterocycles. The lowest BCUT2D eigenvalue weighted by molar-refractivity contribution is -0.245. The Balaban J connectivity index is 1.43. The van der Waals surface area contributed by atoms with Crippen molar-refractivity contribution in [2.45, 2.75) is 69.0 Å². The van der Waals surface area contributed by atoms with E-state index in [1.807, 2.05) is 66.7 Å². The number of nitrogens with one attached hydrogen (secondary N) is 3. The summed E-state index contributed by atoms with van der Waals surface area (Å²) in [5.74, 6) is -0.0871. The van der Waals surface area contributed by atoms with Gasteiger partial charge in [0.1, 0.15) is 0 Å². The standard InChI is InChI=1S/C32H37N3O7S/c1-21(37)33-25-13-15-28(16-14-25)43-20-27-18-29(23-11-9-22(19-36)10-12-23)42-32(41-27)24-5-4-6-26(17-24)34-30(38)7-2-3-8-31(39)35-40/h4-6,9-17,27,29,32,36,40H,2-3,7-8,18-20H2,1H3,(H,33,37)(H,34,38)(H,35,39)/t27-,29+,32+/m0/s1. The topological polar surface area (TPSA) is 146 Å². The van der Waals surface area contributed by atoms with Crippen molar-refractivity contribution in [3.8, 4) is 0 Å². The van der Waals surface area contributed by atoms with Crippen molar-refractivity contribution in [3.05, 3.63) is 89.5 Å². The maximum atomic E-state index is 12.5. The monoisotopic (exact) mass is 607 g/mol. The molecule has 4 rings (SSSR count). The molecular formula is C32H37N3O7S. The summed E-state index contributed by atoms with van der Waals surface area (Å²) in [5, 5.41) is 23.7. The van der Waals surface area contributed by atoms with Crippen molar-refractivity contribution >= 4 is 40.9 Å². The number of rotatable bonds is 13. The van der Waals surface area contributed by atoms with Crippen LogP contribution < -0.4 is 16.1 Å². The van der Waals surface area contributed by atoms with Gasteiger partial charge in [-0.25, -0.2) is 5.48 Å². The van der Waals surface area contributed by atoms with Crippen LogP contribution in [0.15, 0.2) is 77.7 Å². The molecule has 228 valence electrons. The molecule has 1 aliphatic heterocycles. The number of carbonyl (C=O) groups is 3. The number of benzene rings is 3. The van der Waals surface area contributed by atoms with Crippen LogP contribution in [0.1, 0.15) is 68.1 Å². The fraction of sp³-hybridized carbons (Fsp3) is 0.344. The zero-order valence-corrected chi connectivity index (χ0v) is 24.8. The number of hydrogen-bond acceptors (Lipinski definition) is 8. The van der Waals surface area contributed by atoms with E-state index in [4.69, 9.17) is 14.7 Å². The van der Waals surface area contributed by atoms with Crippen molar-refractivity contribution in [1.82, 2.24) is 5.48 Å². The quantitative estimate of drug-likeness (QED) is 0.0743. The Bertz CT molecular complexity index is 1370. The predicted molar refractivity (Wildman–Crippen MR) is 163 cm³/mol. The first kappa shape index (κ1) is 32.2. The molecule has 3 aromatic carbocycles. The van der Waals surface area contributed by atoms with E-state index in [2.05, 4.69) is 10.6 Å². The van der Waals surface area contributed by atoms with Crippen LogP contribution in [-0.4, -0.2) is 39.9 Å². The number of thioether (sulfide) groups is 1. The number of hydroxylamine groups is 1. The lowest BCUT2D eigenvalue weighted by atomic mass is 10.0. The molecule has 3 aromatic rings. The highest BCUT2D eigenvalue weighted by Crippen LogP contribution is 2.40. The molecular weight excluding hydrogens is 570 g/mol. The largest absolute Gasteiger partial charge is 0.392 e. The van der Waals surface area contributed by atoms with E-state index in [1.165, 1.54) is 6.92 Å². The van der Waals surface area contributed by atoms with Gasteiger partial charge in [-0.05, 0) is 60.4 Å². The van der Waals surface area contributed by atoms with Crippen LogP contribution >= 0.6 is 11.8 Å². The van der Waals surface area contributed by atoms with Gasteiger partial charge in [0.05, 0.1) is 18.8 Å². The van der Waals surface area contributed by atoms with Crippen LogP contribution in [0.25, 0.3) is 0 Å². The third-order valence-electron chi connectivity index (χ3n) is 6.85. The third kappa shape index (κ3) is 10.2. The molecule has 10 nitrogen and oxygen atoms in total. The van der Waals surface area contributed by atoms with Gasteiger partial charge < -0.3 is 25.2 Å². The van der Waals surface area contributed by atoms with Crippen molar-refractivity contribution in [2.24, 2.45) is 0 Å². The number of ether oxygens (including phenoxy) is 2. The van der Waals surface area contributed by atoms with E-state index in [1.54, 1.807) is 23.3 Å². The molecule has 3 atom stereocenters. The van der Waals surface area contributed by atoms with Crippen LogP contribution in [0.2, 0.25) is 0 Å². The lowest BCUT2D eigenvalue weighted by Gasteiger charge is -2.36. The SMILES string of the molecule is CC(=O)Nc1ccc(SC[C@@H]2C[C@H](c3ccc(CO)cc3)O[C@H](c3cccc(NC(=O)CCCCC(=O)NO)c3)O2)cc1. The fourth-order valence-corrected chi connectivity index (χ4v) is 5.58. The van der Waals surface area contributed by atoms with E-state index < -0.39 is 12.2 Å². The van der Waals surface area contributed by atoms with Crippen LogP contribution in [0, 0.1) is 0 Å². The zero-order valence-electron chi connectivity index (χ0n) is 24.0. The van der Waals surface area contributed by atoms with E-state index in [-0.39, 0.29) is 43.5 Å². The molecule has 0 radical (unpaired) electrons. The molecule has 0 saturated carbocycles. The number of unbranched alkanes of at least 4 members (excludes halogenated alkanes) is 1. The van der Waals surface area contributed by atoms with E-state index in [0.717, 1.165) is 27.3 Å². The third-order valence-corrected chi connectivity index (χ3v) is 7.99. The van der Waals surface area contributed by atoms with Crippen molar-refractivity contribution < 1.29 is 34.2 Å². The molecule has 43 heavy (non-hydrogen) atoms. The first-order valence-electron chi connectivity index (χ1n) is 14.2. The summed E-state index contributed by atoms with van der Waals surface area (Å²) < 4.78 is 12.9. The maximum Gasteiger partial charge on any atom is 0.243 e. The number of hydrogen-bond donors (Lipinski definition) is 5. The Kier molecular flexibility index (Phi) is 12.1. The van der Waals surface area contributed by atoms with Crippen molar-refractivity contribution in [3.63, 3.8) is 0 Å². The van der Waals surface area contributed by atoms with Crippen LogP contribution in [0.3, 0.4) is 0 Å². The summed E-state index contributed by atoms with van der Waals surface area (Å²) in [7, 11) is 0. The number of anilines is 2. The molecule has 0 spiro atoms. The van der Waals surface area contributed by atoms with Gasteiger partial charge in [0.15, 0.2) is 6.29 Å². The normalized spacial score (nSPS) is 18.1. The molecule has 0 aliphatic carbocycles. The second kappa shape index (κ2) is 16.2. The molecule has 0 bridgehead atoms. The first-order valence-corrected chi connectivity index (χ1v) is 15.2. The Morgan fingerprint density at radius 2 is 1.58 bits per heavy atom. The average Bonchev–Trinajstić information content (AvgIpc) is 3.02. The summed E-state index contributed by atoms with van der Waals surface area (Å²) in [5.41, 5.74) is 5.52. The van der Waals surface area contributed by atoms with Crippen LogP contribution in [0.5, 0.6) is 0 Å². The molecule has 0 unspecified atom stereocenters. The number of aliphatic hydroxyl groups excluding tert-OH is 1. The molecule has 1 heterocycles. The molecule has 0 aromatic heterocycles. The minimum absolute atomic E-state index is 0.0337. The highest BCUT2D eigenvalue weighted by atomic mass is 32.2. The smallest absolute Gasteiger partial charge is 0.243 e. The van der Waals surface area contributed by atoms with Crippen molar-refractivity contribution in [2.75, 3.05) is 16.4 Å². The number of aliphatic hydroxyl groups is 1. The molecule has 3 amide bonds. The Morgan fingerprint density at radius 1 is 0.860 bits per heavy atom. The maximum absolute atomic E-state index is 12.5. The van der Waals surface area contributed by atoms with Gasteiger partial charge in [-0.1, -0.05) is 36.4 Å². The second-order valence-corrected chi connectivity index (χ2v) is 11.4. The zero-order chi connectivity index (χ0) is 30.6. The summed E-state index contributed by atoms with van der Waals surface area (Å²) in [4.78, 5) is 36.0. The average molecular weight is 608 g/mol.